The second-order valence-corrected chi connectivity index (χ2v) is 32.4. The van der Waals surface area contributed by atoms with E-state index in [0.29, 0.717) is 31.6 Å². The Kier molecular flexibility index (Phi) is 70.3. The lowest BCUT2D eigenvalue weighted by atomic mass is 9.99. The summed E-state index contributed by atoms with van der Waals surface area (Å²) >= 11 is 0. The number of carbonyl (C=O) groups is 4. The van der Waals surface area contributed by atoms with Crippen molar-refractivity contribution in [3.05, 3.63) is 0 Å². The van der Waals surface area contributed by atoms with Gasteiger partial charge >= 0.3 is 39.5 Å². The third-order valence-corrected chi connectivity index (χ3v) is 21.0. The fourth-order valence-corrected chi connectivity index (χ4v) is 13.9. The molecule has 0 aromatic rings. The Balaban J connectivity index is 5.21. The molecule has 0 aromatic heterocycles. The number of unbranched alkanes of at least 4 members (excludes halogenated alkanes) is 48. The monoisotopic (exact) mass is 1450 g/mol. The first-order valence-corrected chi connectivity index (χ1v) is 44.5. The summed E-state index contributed by atoms with van der Waals surface area (Å²) in [6.07, 6.45) is 61.2. The lowest BCUT2D eigenvalue weighted by Gasteiger charge is -2.21. The molecular weight excluding hydrogens is 1290 g/mol. The van der Waals surface area contributed by atoms with Gasteiger partial charge < -0.3 is 33.8 Å². The van der Waals surface area contributed by atoms with Crippen molar-refractivity contribution in [3.63, 3.8) is 0 Å². The smallest absolute Gasteiger partial charge is 0.462 e. The largest absolute Gasteiger partial charge is 0.472 e. The Bertz CT molecular complexity index is 1910. The summed E-state index contributed by atoms with van der Waals surface area (Å²) < 4.78 is 68.6. The van der Waals surface area contributed by atoms with E-state index in [-0.39, 0.29) is 25.7 Å². The third kappa shape index (κ3) is 72.8. The molecule has 0 spiro atoms. The molecule has 0 aliphatic rings. The number of ether oxygens (including phenoxy) is 4. The molecule has 0 aromatic carbocycles. The van der Waals surface area contributed by atoms with Gasteiger partial charge in [-0.15, -0.1) is 0 Å². The van der Waals surface area contributed by atoms with Crippen LogP contribution in [0.1, 0.15) is 420 Å². The fourth-order valence-electron chi connectivity index (χ4n) is 12.3. The highest BCUT2D eigenvalue weighted by Crippen LogP contribution is 2.45. The molecule has 19 heteroatoms. The van der Waals surface area contributed by atoms with Crippen molar-refractivity contribution in [1.29, 1.82) is 0 Å². The molecule has 0 aliphatic heterocycles. The summed E-state index contributed by atoms with van der Waals surface area (Å²) in [7, 11) is -9.92. The van der Waals surface area contributed by atoms with Crippen molar-refractivity contribution in [2.45, 2.75) is 439 Å². The number of hydrogen-bond acceptors (Lipinski definition) is 15. The van der Waals surface area contributed by atoms with Gasteiger partial charge in [0.05, 0.1) is 26.4 Å². The molecular formula is C80H156O17P2. The highest BCUT2D eigenvalue weighted by Gasteiger charge is 2.30. The van der Waals surface area contributed by atoms with Gasteiger partial charge in [0.25, 0.3) is 0 Å². The number of aliphatic hydroxyl groups is 1. The van der Waals surface area contributed by atoms with Gasteiger partial charge in [0.15, 0.2) is 12.2 Å². The van der Waals surface area contributed by atoms with E-state index in [1.165, 1.54) is 231 Å². The van der Waals surface area contributed by atoms with Gasteiger partial charge in [-0.2, -0.15) is 0 Å². The number of phosphoric ester groups is 2. The van der Waals surface area contributed by atoms with Crippen LogP contribution in [0.15, 0.2) is 0 Å². The second kappa shape index (κ2) is 71.7. The molecule has 0 fully saturated rings. The van der Waals surface area contributed by atoms with Gasteiger partial charge in [0.2, 0.25) is 0 Å². The molecule has 17 nitrogen and oxygen atoms in total. The summed E-state index contributed by atoms with van der Waals surface area (Å²) in [6, 6.07) is 0. The first-order valence-electron chi connectivity index (χ1n) is 41.5. The molecule has 588 valence electrons. The molecule has 0 radical (unpaired) electrons. The van der Waals surface area contributed by atoms with E-state index in [0.717, 1.165) is 102 Å². The highest BCUT2D eigenvalue weighted by atomic mass is 31.2. The van der Waals surface area contributed by atoms with Crippen LogP contribution in [0.5, 0.6) is 0 Å². The van der Waals surface area contributed by atoms with Gasteiger partial charge in [0, 0.05) is 25.7 Å². The maximum atomic E-state index is 13.1. The lowest BCUT2D eigenvalue weighted by Crippen LogP contribution is -2.30. The first-order chi connectivity index (χ1) is 47.9. The van der Waals surface area contributed by atoms with Crippen molar-refractivity contribution >= 4 is 39.5 Å². The van der Waals surface area contributed by atoms with Gasteiger partial charge in [0.1, 0.15) is 19.3 Å². The van der Waals surface area contributed by atoms with Crippen molar-refractivity contribution in [2.75, 3.05) is 39.6 Å². The maximum Gasteiger partial charge on any atom is 0.472 e. The van der Waals surface area contributed by atoms with Gasteiger partial charge in [-0.3, -0.25) is 37.3 Å². The normalized spacial score (nSPS) is 14.2. The van der Waals surface area contributed by atoms with E-state index in [2.05, 4.69) is 41.5 Å². The summed E-state index contributed by atoms with van der Waals surface area (Å²) in [5.74, 6) is -0.631. The van der Waals surface area contributed by atoms with Gasteiger partial charge in [-0.1, -0.05) is 369 Å². The van der Waals surface area contributed by atoms with Crippen LogP contribution < -0.4 is 0 Å². The van der Waals surface area contributed by atoms with Crippen LogP contribution in [0.3, 0.4) is 0 Å². The minimum Gasteiger partial charge on any atom is -0.462 e. The molecule has 0 bridgehead atoms. The zero-order valence-corrected chi connectivity index (χ0v) is 66.6. The minimum absolute atomic E-state index is 0.105. The van der Waals surface area contributed by atoms with E-state index >= 15 is 0 Å². The van der Waals surface area contributed by atoms with E-state index in [9.17, 15) is 43.2 Å². The molecule has 0 saturated carbocycles. The summed E-state index contributed by atoms with van der Waals surface area (Å²) in [5.41, 5.74) is 0. The van der Waals surface area contributed by atoms with E-state index in [1.807, 2.05) is 0 Å². The first kappa shape index (κ1) is 97.1. The predicted molar refractivity (Wildman–Crippen MR) is 405 cm³/mol. The molecule has 99 heavy (non-hydrogen) atoms. The second-order valence-electron chi connectivity index (χ2n) is 29.5. The Labute approximate surface area is 607 Å². The van der Waals surface area contributed by atoms with Crippen LogP contribution in [-0.2, 0) is 65.4 Å². The molecule has 0 aliphatic carbocycles. The molecule has 6 atom stereocenters. The zero-order valence-electron chi connectivity index (χ0n) is 64.8. The highest BCUT2D eigenvalue weighted by molar-refractivity contribution is 7.47. The summed E-state index contributed by atoms with van der Waals surface area (Å²) in [4.78, 5) is 72.9. The molecule has 3 unspecified atom stereocenters. The van der Waals surface area contributed by atoms with Crippen LogP contribution >= 0.6 is 15.6 Å². The van der Waals surface area contributed by atoms with E-state index in [1.54, 1.807) is 0 Å². The molecule has 3 N–H and O–H groups in total. The Morgan fingerprint density at radius 1 is 0.293 bits per heavy atom. The summed E-state index contributed by atoms with van der Waals surface area (Å²) in [6.45, 7) is 9.57. The zero-order chi connectivity index (χ0) is 72.8. The van der Waals surface area contributed by atoms with Crippen LogP contribution in [0.25, 0.3) is 0 Å². The van der Waals surface area contributed by atoms with Crippen molar-refractivity contribution in [2.24, 2.45) is 11.8 Å². The Morgan fingerprint density at radius 2 is 0.515 bits per heavy atom. The maximum absolute atomic E-state index is 13.1. The number of esters is 4. The standard InChI is InChI=1S/C80H156O17P2/c1-7-10-12-14-16-18-20-22-24-25-26-27-28-29-31-33-35-40-44-52-58-64-79(84)96-75(68-90-77(82)62-56-50-43-39-34-32-30-23-21-19-17-15-13-11-8-2)70-94-98(86,87)92-66-74(81)67-93-99(88,89)95-71-76(69-91-78(83)63-57-51-47-46-48-54-60-72(4)5)97-80(85)65-59-53-45-41-37-36-38-42-49-55-61-73(6)9-3/h72-76,81H,7-71H2,1-6H3,(H,86,87)(H,88,89)/t73?,74-,75-,76-/m1/s1. The minimum atomic E-state index is -4.96. The average Bonchev–Trinajstić information content (AvgIpc) is 0.977. The van der Waals surface area contributed by atoms with Gasteiger partial charge in [-0.25, -0.2) is 9.13 Å². The average molecular weight is 1450 g/mol. The van der Waals surface area contributed by atoms with Crippen molar-refractivity contribution in [1.82, 2.24) is 0 Å². The van der Waals surface area contributed by atoms with E-state index in [4.69, 9.17) is 37.0 Å². The topological polar surface area (TPSA) is 237 Å². The Morgan fingerprint density at radius 3 is 0.768 bits per heavy atom. The predicted octanol–water partition coefficient (Wildman–Crippen LogP) is 23.9. The number of hydrogen-bond donors (Lipinski definition) is 3. The van der Waals surface area contributed by atoms with Crippen molar-refractivity contribution in [3.8, 4) is 0 Å². The molecule has 0 saturated heterocycles. The van der Waals surface area contributed by atoms with E-state index < -0.39 is 97.5 Å². The van der Waals surface area contributed by atoms with Crippen LogP contribution in [0.2, 0.25) is 0 Å². The number of phosphoric acid groups is 2. The number of carbonyl (C=O) groups excluding carboxylic acids is 4. The van der Waals surface area contributed by atoms with Gasteiger partial charge in [-0.05, 0) is 37.5 Å². The fraction of sp³-hybridized carbons (Fsp3) is 0.950. The third-order valence-electron chi connectivity index (χ3n) is 19.1. The number of rotatable bonds is 79. The molecule has 0 heterocycles. The molecule has 0 rings (SSSR count). The van der Waals surface area contributed by atoms with Crippen molar-refractivity contribution < 1.29 is 80.2 Å². The lowest BCUT2D eigenvalue weighted by molar-refractivity contribution is -0.161. The summed E-state index contributed by atoms with van der Waals surface area (Å²) in [5, 5.41) is 10.6. The Hall–Kier alpha value is -1.94. The number of aliphatic hydroxyl groups excluding tert-OH is 1. The SMILES string of the molecule is CCCCCCCCCCCCCCCCCCCCCCCC(=O)O[C@H](COC(=O)CCCCCCCCCCCCCCCCC)COP(=O)(O)OC[C@@H](O)COP(=O)(O)OC[C@@H](COC(=O)CCCCCCCCC(C)C)OC(=O)CCCCCCCCCCCCC(C)CC. The molecule has 0 amide bonds. The quantitative estimate of drug-likeness (QED) is 0.0222. The van der Waals surface area contributed by atoms with Crippen LogP contribution in [-0.4, -0.2) is 96.7 Å². The van der Waals surface area contributed by atoms with Crippen LogP contribution in [0.4, 0.5) is 0 Å². The van der Waals surface area contributed by atoms with Crippen LogP contribution in [0, 0.1) is 11.8 Å².